The number of rotatable bonds is 6. The van der Waals surface area contributed by atoms with Gasteiger partial charge in [0.05, 0.1) is 17.0 Å². The van der Waals surface area contributed by atoms with Crippen molar-refractivity contribution in [2.24, 2.45) is 0 Å². The lowest BCUT2D eigenvalue weighted by molar-refractivity contribution is -0.384. The van der Waals surface area contributed by atoms with Gasteiger partial charge in [-0.3, -0.25) is 19.7 Å². The Morgan fingerprint density at radius 1 is 1.43 bits per heavy atom. The predicted molar refractivity (Wildman–Crippen MR) is 81.1 cm³/mol. The van der Waals surface area contributed by atoms with Crippen molar-refractivity contribution in [3.8, 4) is 0 Å². The van der Waals surface area contributed by atoms with E-state index in [2.05, 4.69) is 21.2 Å². The molecule has 0 aliphatic rings. The van der Waals surface area contributed by atoms with Crippen LogP contribution in [0.4, 0.5) is 5.69 Å². The van der Waals surface area contributed by atoms with Gasteiger partial charge < -0.3 is 10.2 Å². The molecule has 0 spiro atoms. The van der Waals surface area contributed by atoms with Crippen molar-refractivity contribution in [3.05, 3.63) is 38.3 Å². The third kappa shape index (κ3) is 4.52. The number of likely N-dealkylation sites (N-methyl/N-ethyl adjacent to an activating group) is 1. The molecule has 0 radical (unpaired) electrons. The zero-order valence-electron chi connectivity index (χ0n) is 11.8. The summed E-state index contributed by atoms with van der Waals surface area (Å²) in [5.74, 6) is -0.714. The van der Waals surface area contributed by atoms with Gasteiger partial charge in [-0.25, -0.2) is 0 Å². The molecule has 0 aliphatic heterocycles. The number of carbonyl (C=O) groups excluding carboxylic acids is 2. The predicted octanol–water partition coefficient (Wildman–Crippen LogP) is 1.96. The molecule has 0 saturated carbocycles. The van der Waals surface area contributed by atoms with Gasteiger partial charge in [0.2, 0.25) is 5.91 Å². The number of nitro benzene ring substituents is 1. The van der Waals surface area contributed by atoms with Gasteiger partial charge in [0.25, 0.3) is 11.6 Å². The molecule has 0 aliphatic carbocycles. The number of halogens is 1. The van der Waals surface area contributed by atoms with Crippen molar-refractivity contribution in [3.63, 3.8) is 0 Å². The summed E-state index contributed by atoms with van der Waals surface area (Å²) in [7, 11) is 1.49. The molecule has 0 unspecified atom stereocenters. The molecular formula is C13H16BrN3O4. The summed E-state index contributed by atoms with van der Waals surface area (Å²) in [5.41, 5.74) is -0.000468. The van der Waals surface area contributed by atoms with Crippen LogP contribution in [-0.2, 0) is 4.79 Å². The highest BCUT2D eigenvalue weighted by molar-refractivity contribution is 9.10. The van der Waals surface area contributed by atoms with Gasteiger partial charge in [-0.1, -0.05) is 6.92 Å². The van der Waals surface area contributed by atoms with E-state index in [0.29, 0.717) is 17.4 Å². The van der Waals surface area contributed by atoms with Crippen molar-refractivity contribution in [1.29, 1.82) is 0 Å². The molecule has 7 nitrogen and oxygen atoms in total. The zero-order chi connectivity index (χ0) is 16.0. The maximum atomic E-state index is 12.5. The van der Waals surface area contributed by atoms with Crippen LogP contribution < -0.4 is 5.32 Å². The number of hydrogen-bond acceptors (Lipinski definition) is 4. The van der Waals surface area contributed by atoms with Crippen LogP contribution in [0.1, 0.15) is 23.7 Å². The molecule has 0 atom stereocenters. The summed E-state index contributed by atoms with van der Waals surface area (Å²) >= 11 is 3.21. The van der Waals surface area contributed by atoms with E-state index in [1.807, 2.05) is 6.92 Å². The molecule has 0 saturated heterocycles. The quantitative estimate of drug-likeness (QED) is 0.621. The molecule has 114 valence electrons. The minimum atomic E-state index is -0.563. The topological polar surface area (TPSA) is 92.6 Å². The summed E-state index contributed by atoms with van der Waals surface area (Å²) in [5, 5.41) is 13.3. The summed E-state index contributed by atoms with van der Waals surface area (Å²) in [6, 6.07) is 3.97. The number of benzene rings is 1. The van der Waals surface area contributed by atoms with Gasteiger partial charge in [0.1, 0.15) is 0 Å². The molecule has 8 heteroatoms. The number of nitro groups is 1. The molecule has 0 bridgehead atoms. The van der Waals surface area contributed by atoms with Crippen LogP contribution in [0.25, 0.3) is 0 Å². The van der Waals surface area contributed by atoms with E-state index < -0.39 is 10.8 Å². The Kier molecular flexibility index (Phi) is 6.29. The smallest absolute Gasteiger partial charge is 0.270 e. The van der Waals surface area contributed by atoms with Crippen molar-refractivity contribution in [2.45, 2.75) is 13.3 Å². The highest BCUT2D eigenvalue weighted by Gasteiger charge is 2.22. The number of non-ortho nitro benzene ring substituents is 1. The average molecular weight is 358 g/mol. The molecule has 1 rings (SSSR count). The molecule has 1 aromatic rings. The second kappa shape index (κ2) is 7.72. The minimum absolute atomic E-state index is 0.0850. The van der Waals surface area contributed by atoms with E-state index in [9.17, 15) is 19.7 Å². The number of hydrogen-bond donors (Lipinski definition) is 1. The first-order chi connectivity index (χ1) is 9.90. The molecular weight excluding hydrogens is 342 g/mol. The summed E-state index contributed by atoms with van der Waals surface area (Å²) < 4.78 is 0.455. The van der Waals surface area contributed by atoms with Gasteiger partial charge in [-0.15, -0.1) is 0 Å². The number of nitrogens with one attached hydrogen (secondary N) is 1. The fraction of sp³-hybridized carbons (Fsp3) is 0.385. The van der Waals surface area contributed by atoms with Crippen LogP contribution in [0, 0.1) is 10.1 Å². The Labute approximate surface area is 130 Å². The molecule has 2 amide bonds. The highest BCUT2D eigenvalue weighted by atomic mass is 79.9. The van der Waals surface area contributed by atoms with Gasteiger partial charge in [0, 0.05) is 30.2 Å². The van der Waals surface area contributed by atoms with Gasteiger partial charge in [-0.2, -0.15) is 0 Å². The van der Waals surface area contributed by atoms with E-state index in [4.69, 9.17) is 0 Å². The minimum Gasteiger partial charge on any atom is -0.358 e. The summed E-state index contributed by atoms with van der Waals surface area (Å²) in [4.78, 5) is 35.6. The fourth-order valence-electron chi connectivity index (χ4n) is 1.74. The molecule has 21 heavy (non-hydrogen) atoms. The van der Waals surface area contributed by atoms with Crippen molar-refractivity contribution >= 4 is 33.4 Å². The Balaban J connectivity index is 3.10. The number of nitrogens with zero attached hydrogens (tertiary/aromatic N) is 2. The third-order valence-electron chi connectivity index (χ3n) is 2.79. The second-order valence-corrected chi connectivity index (χ2v) is 5.18. The van der Waals surface area contributed by atoms with E-state index in [-0.39, 0.29) is 23.7 Å². The Hall–Kier alpha value is -1.96. The first kappa shape index (κ1) is 17.1. The molecule has 0 heterocycles. The average Bonchev–Trinajstić information content (AvgIpc) is 2.46. The molecule has 0 aromatic heterocycles. The summed E-state index contributed by atoms with van der Waals surface area (Å²) in [6.07, 6.45) is 0.676. The van der Waals surface area contributed by atoms with E-state index in [1.165, 1.54) is 30.1 Å². The van der Waals surface area contributed by atoms with Crippen LogP contribution in [-0.4, -0.2) is 41.8 Å². The van der Waals surface area contributed by atoms with Crippen molar-refractivity contribution < 1.29 is 14.5 Å². The third-order valence-corrected chi connectivity index (χ3v) is 3.48. The largest absolute Gasteiger partial charge is 0.358 e. The Bertz CT molecular complexity index is 562. The lowest BCUT2D eigenvalue weighted by Gasteiger charge is -2.21. The van der Waals surface area contributed by atoms with Crippen LogP contribution in [0.3, 0.4) is 0 Å². The maximum Gasteiger partial charge on any atom is 0.270 e. The second-order valence-electron chi connectivity index (χ2n) is 4.32. The lowest BCUT2D eigenvalue weighted by atomic mass is 10.1. The van der Waals surface area contributed by atoms with E-state index in [1.54, 1.807) is 0 Å². The Morgan fingerprint density at radius 2 is 2.10 bits per heavy atom. The van der Waals surface area contributed by atoms with Gasteiger partial charge in [0.15, 0.2) is 0 Å². The SMILES string of the molecule is CCCN(CC(=O)NC)C(=O)c1cc([N+](=O)[O-])ccc1Br. The van der Waals surface area contributed by atoms with Crippen LogP contribution in [0.15, 0.2) is 22.7 Å². The number of carbonyl (C=O) groups is 2. The van der Waals surface area contributed by atoms with Gasteiger partial charge in [-0.05, 0) is 28.4 Å². The van der Waals surface area contributed by atoms with E-state index in [0.717, 1.165) is 0 Å². The van der Waals surface area contributed by atoms with Crippen molar-refractivity contribution in [2.75, 3.05) is 20.1 Å². The molecule has 0 fully saturated rings. The fourth-order valence-corrected chi connectivity index (χ4v) is 2.15. The van der Waals surface area contributed by atoms with Crippen LogP contribution in [0.2, 0.25) is 0 Å². The monoisotopic (exact) mass is 357 g/mol. The van der Waals surface area contributed by atoms with E-state index >= 15 is 0 Å². The lowest BCUT2D eigenvalue weighted by Crippen LogP contribution is -2.40. The number of amides is 2. The normalized spacial score (nSPS) is 10.0. The van der Waals surface area contributed by atoms with Gasteiger partial charge >= 0.3 is 0 Å². The molecule has 1 aromatic carbocycles. The van der Waals surface area contributed by atoms with Crippen LogP contribution in [0.5, 0.6) is 0 Å². The highest BCUT2D eigenvalue weighted by Crippen LogP contribution is 2.24. The Morgan fingerprint density at radius 3 is 2.62 bits per heavy atom. The first-order valence-corrected chi connectivity index (χ1v) is 7.13. The maximum absolute atomic E-state index is 12.5. The zero-order valence-corrected chi connectivity index (χ0v) is 13.3. The standard InChI is InChI=1S/C13H16BrN3O4/c1-3-6-16(8-12(18)15-2)13(19)10-7-9(17(20)21)4-5-11(10)14/h4-5,7H,3,6,8H2,1-2H3,(H,15,18). The van der Waals surface area contributed by atoms with Crippen molar-refractivity contribution in [1.82, 2.24) is 10.2 Å². The van der Waals surface area contributed by atoms with Crippen LogP contribution >= 0.6 is 15.9 Å². The molecule has 1 N–H and O–H groups in total. The first-order valence-electron chi connectivity index (χ1n) is 6.34. The summed E-state index contributed by atoms with van der Waals surface area (Å²) in [6.45, 7) is 2.19.